The van der Waals surface area contributed by atoms with Crippen LogP contribution in [0.1, 0.15) is 38.3 Å². The van der Waals surface area contributed by atoms with E-state index >= 15 is 0 Å². The molecule has 1 aliphatic rings. The van der Waals surface area contributed by atoms with Crippen molar-refractivity contribution in [1.29, 1.82) is 0 Å². The summed E-state index contributed by atoms with van der Waals surface area (Å²) >= 11 is 3.53. The quantitative estimate of drug-likeness (QED) is 0.248. The van der Waals surface area contributed by atoms with Gasteiger partial charge in [-0.2, -0.15) is 0 Å². The third-order valence-electron chi connectivity index (χ3n) is 4.72. The maximum absolute atomic E-state index is 12.1. The van der Waals surface area contributed by atoms with Gasteiger partial charge in [0, 0.05) is 23.5 Å². The van der Waals surface area contributed by atoms with Gasteiger partial charge >= 0.3 is 0 Å². The number of Topliss-reactive ketones (excluding diaryl/α,β-unsaturated/α-hetero) is 1. The Balaban J connectivity index is 1.50. The van der Waals surface area contributed by atoms with Crippen LogP contribution < -0.4 is 0 Å². The number of carbonyl (C=O) groups excluding carboxylic acids is 2. The summed E-state index contributed by atoms with van der Waals surface area (Å²) in [6.45, 7) is 4.97. The van der Waals surface area contributed by atoms with Crippen LogP contribution >= 0.6 is 23.5 Å². The summed E-state index contributed by atoms with van der Waals surface area (Å²) in [6, 6.07) is 5.84. The van der Waals surface area contributed by atoms with Gasteiger partial charge in [-0.3, -0.25) is 18.9 Å². The van der Waals surface area contributed by atoms with E-state index in [1.54, 1.807) is 11.8 Å². The summed E-state index contributed by atoms with van der Waals surface area (Å²) in [5.74, 6) is 1.49. The molecule has 1 saturated heterocycles. The number of carbonyl (C=O) groups is 2. The van der Waals surface area contributed by atoms with Crippen LogP contribution in [0.4, 0.5) is 0 Å². The van der Waals surface area contributed by atoms with Crippen molar-refractivity contribution in [1.82, 2.24) is 14.3 Å². The van der Waals surface area contributed by atoms with Crippen molar-refractivity contribution >= 4 is 41.2 Å². The number of pyridine rings is 1. The molecule has 0 aliphatic carbocycles. The molecule has 1 aliphatic heterocycles. The van der Waals surface area contributed by atoms with Crippen molar-refractivity contribution in [2.75, 3.05) is 18.2 Å². The molecule has 3 rings (SSSR count). The smallest absolute Gasteiger partial charge is 0.217 e. The largest absolute Gasteiger partial charge is 0.295 e. The molecule has 0 amide bonds. The molecule has 0 N–H and O–H groups in total. The molecule has 0 aromatic carbocycles. The summed E-state index contributed by atoms with van der Waals surface area (Å²) in [4.78, 5) is 30.9. The topological polar surface area (TPSA) is 54.7 Å². The Morgan fingerprint density at radius 2 is 2.25 bits per heavy atom. The molecule has 2 aromatic heterocycles. The van der Waals surface area contributed by atoms with E-state index in [0.717, 1.165) is 60.1 Å². The van der Waals surface area contributed by atoms with Gasteiger partial charge in [-0.1, -0.05) is 25.5 Å². The summed E-state index contributed by atoms with van der Waals surface area (Å²) in [6.07, 6.45) is 8.75. The maximum Gasteiger partial charge on any atom is 0.217 e. The van der Waals surface area contributed by atoms with E-state index in [9.17, 15) is 9.59 Å². The first-order valence-corrected chi connectivity index (χ1v) is 11.7. The molecule has 0 radical (unpaired) electrons. The van der Waals surface area contributed by atoms with Gasteiger partial charge in [-0.15, -0.1) is 23.5 Å². The number of fused-ring (bicyclic) bond motifs is 1. The zero-order chi connectivity index (χ0) is 19.9. The zero-order valence-corrected chi connectivity index (χ0v) is 18.1. The third-order valence-corrected chi connectivity index (χ3v) is 7.02. The van der Waals surface area contributed by atoms with E-state index < -0.39 is 0 Å². The van der Waals surface area contributed by atoms with E-state index in [1.807, 2.05) is 30.8 Å². The molecule has 0 spiro atoms. The van der Waals surface area contributed by atoms with Crippen molar-refractivity contribution in [3.8, 4) is 0 Å². The Kier molecular flexibility index (Phi) is 7.76. The van der Waals surface area contributed by atoms with Gasteiger partial charge in [-0.25, -0.2) is 4.98 Å². The van der Waals surface area contributed by atoms with Crippen LogP contribution in [0.2, 0.25) is 0 Å². The Bertz CT molecular complexity index is 862. The molecule has 28 heavy (non-hydrogen) atoms. The fourth-order valence-electron chi connectivity index (χ4n) is 3.34. The molecule has 150 valence electrons. The van der Waals surface area contributed by atoms with Crippen molar-refractivity contribution in [2.45, 2.75) is 50.6 Å². The predicted molar refractivity (Wildman–Crippen MR) is 117 cm³/mol. The monoisotopic (exact) mass is 417 g/mol. The second kappa shape index (κ2) is 10.3. The highest BCUT2D eigenvalue weighted by molar-refractivity contribution is 8.03. The number of hydrogen-bond donors (Lipinski definition) is 0. The summed E-state index contributed by atoms with van der Waals surface area (Å²) in [7, 11) is 0. The van der Waals surface area contributed by atoms with Crippen LogP contribution in [0, 0.1) is 6.92 Å². The molecule has 0 saturated carbocycles. The number of allylic oxidation sites excluding steroid dienone is 1. The first-order valence-electron chi connectivity index (χ1n) is 9.77. The molecule has 2 aromatic rings. The van der Waals surface area contributed by atoms with Gasteiger partial charge in [0.25, 0.3) is 0 Å². The maximum atomic E-state index is 12.1. The van der Waals surface area contributed by atoms with Crippen LogP contribution in [0.3, 0.4) is 0 Å². The average Bonchev–Trinajstić information content (AvgIpc) is 3.28. The molecule has 0 bridgehead atoms. The van der Waals surface area contributed by atoms with Gasteiger partial charge in [0.2, 0.25) is 5.78 Å². The highest BCUT2D eigenvalue weighted by Gasteiger charge is 2.34. The van der Waals surface area contributed by atoms with Gasteiger partial charge < -0.3 is 0 Å². The van der Waals surface area contributed by atoms with E-state index in [2.05, 4.69) is 39.5 Å². The summed E-state index contributed by atoms with van der Waals surface area (Å²) < 4.78 is 2.14. The molecule has 1 unspecified atom stereocenters. The van der Waals surface area contributed by atoms with Gasteiger partial charge in [-0.05, 0) is 44.1 Å². The van der Waals surface area contributed by atoms with Crippen molar-refractivity contribution in [2.24, 2.45) is 0 Å². The molecular formula is C21H27N3O2S2. The Morgan fingerprint density at radius 1 is 1.39 bits per heavy atom. The van der Waals surface area contributed by atoms with E-state index in [1.165, 1.54) is 5.03 Å². The Hall–Kier alpha value is -1.57. The number of thioether (sulfide) groups is 2. The number of nitrogens with zero attached hydrogens (tertiary/aromatic N) is 3. The van der Waals surface area contributed by atoms with E-state index in [-0.39, 0.29) is 11.8 Å². The van der Waals surface area contributed by atoms with Crippen LogP contribution in [0.25, 0.3) is 5.65 Å². The molecule has 3 heterocycles. The van der Waals surface area contributed by atoms with Crippen molar-refractivity contribution in [3.63, 3.8) is 0 Å². The number of rotatable bonds is 10. The third kappa shape index (κ3) is 5.07. The lowest BCUT2D eigenvalue weighted by molar-refractivity contribution is -0.132. The SMILES string of the molecule is CCCC=C1SCN(CCCCSc2cccc3nc(C)cn23)C1C(=O)C=O. The number of aromatic nitrogens is 2. The average molecular weight is 418 g/mol. The standard InChI is InChI=1S/C21H27N3O2S2/c1-3-4-8-18-21(17(26)14-25)23(15-28-18)11-5-6-12-27-20-10-7-9-19-22-16(2)13-24(19)20/h7-10,13-14,21H,3-6,11-12,15H2,1-2H3. The van der Waals surface area contributed by atoms with Crippen LogP contribution in [-0.2, 0) is 9.59 Å². The summed E-state index contributed by atoms with van der Waals surface area (Å²) in [5.41, 5.74) is 2.01. The highest BCUT2D eigenvalue weighted by Crippen LogP contribution is 2.34. The fraction of sp³-hybridized carbons (Fsp3) is 0.476. The Morgan fingerprint density at radius 3 is 3.04 bits per heavy atom. The van der Waals surface area contributed by atoms with E-state index in [4.69, 9.17) is 0 Å². The Labute approximate surface area is 175 Å². The second-order valence-corrected chi connectivity index (χ2v) is 9.07. The minimum absolute atomic E-state index is 0.316. The number of imidazole rings is 1. The fourth-order valence-corrected chi connectivity index (χ4v) is 5.61. The normalized spacial score (nSPS) is 18.9. The second-order valence-electron chi connectivity index (χ2n) is 6.93. The van der Waals surface area contributed by atoms with Gasteiger partial charge in [0.05, 0.1) is 10.7 Å². The lowest BCUT2D eigenvalue weighted by atomic mass is 10.1. The van der Waals surface area contributed by atoms with Crippen LogP contribution in [0.5, 0.6) is 0 Å². The number of aldehydes is 1. The zero-order valence-electron chi connectivity index (χ0n) is 16.5. The summed E-state index contributed by atoms with van der Waals surface area (Å²) in [5, 5.41) is 1.20. The number of hydrogen-bond acceptors (Lipinski definition) is 6. The molecule has 5 nitrogen and oxygen atoms in total. The number of unbranched alkanes of at least 4 members (excludes halogenated alkanes) is 2. The van der Waals surface area contributed by atoms with Crippen molar-refractivity contribution < 1.29 is 9.59 Å². The molecule has 1 atom stereocenters. The molecule has 7 heteroatoms. The molecular weight excluding hydrogens is 390 g/mol. The minimum Gasteiger partial charge on any atom is -0.295 e. The molecule has 1 fully saturated rings. The van der Waals surface area contributed by atoms with Crippen LogP contribution in [-0.4, -0.2) is 50.6 Å². The van der Waals surface area contributed by atoms with E-state index in [0.29, 0.717) is 6.29 Å². The number of ketones is 1. The van der Waals surface area contributed by atoms with Crippen LogP contribution in [0.15, 0.2) is 40.4 Å². The highest BCUT2D eigenvalue weighted by atomic mass is 32.2. The number of aryl methyl sites for hydroxylation is 1. The minimum atomic E-state index is -0.357. The first-order chi connectivity index (χ1) is 13.6. The first kappa shape index (κ1) is 21.1. The van der Waals surface area contributed by atoms with Gasteiger partial charge in [0.15, 0.2) is 6.29 Å². The lowest BCUT2D eigenvalue weighted by Crippen LogP contribution is -2.38. The predicted octanol–water partition coefficient (Wildman–Crippen LogP) is 4.34. The van der Waals surface area contributed by atoms with Gasteiger partial charge in [0.1, 0.15) is 11.7 Å². The van der Waals surface area contributed by atoms with Crippen molar-refractivity contribution in [3.05, 3.63) is 41.1 Å². The lowest BCUT2D eigenvalue weighted by Gasteiger charge is -2.21.